The summed E-state index contributed by atoms with van der Waals surface area (Å²) in [6, 6.07) is 15.5. The monoisotopic (exact) mass is 327 g/mol. The summed E-state index contributed by atoms with van der Waals surface area (Å²) in [5.74, 6) is 1.67. The van der Waals surface area contributed by atoms with Gasteiger partial charge >= 0.3 is 0 Å². The maximum atomic E-state index is 12.4. The first kappa shape index (κ1) is 17.9. The highest BCUT2D eigenvalue weighted by Crippen LogP contribution is 2.29. The lowest BCUT2D eigenvalue weighted by molar-refractivity contribution is -0.122. The van der Waals surface area contributed by atoms with Crippen LogP contribution in [0, 0.1) is 0 Å². The number of hydrogen-bond acceptors (Lipinski definition) is 3. The average molecular weight is 327 g/mol. The first-order valence-electron chi connectivity index (χ1n) is 8.11. The number of rotatable bonds is 7. The van der Waals surface area contributed by atoms with Gasteiger partial charge in [-0.15, -0.1) is 0 Å². The molecule has 0 aliphatic carbocycles. The third kappa shape index (κ3) is 4.51. The van der Waals surface area contributed by atoms with Crippen molar-refractivity contribution in [2.75, 3.05) is 14.2 Å². The molecule has 0 aliphatic rings. The van der Waals surface area contributed by atoms with Gasteiger partial charge in [-0.3, -0.25) is 4.79 Å². The van der Waals surface area contributed by atoms with Crippen LogP contribution in [0.25, 0.3) is 0 Å². The topological polar surface area (TPSA) is 47.6 Å². The van der Waals surface area contributed by atoms with Crippen molar-refractivity contribution in [1.82, 2.24) is 5.32 Å². The van der Waals surface area contributed by atoms with Gasteiger partial charge in [0.2, 0.25) is 5.91 Å². The van der Waals surface area contributed by atoms with Crippen LogP contribution in [0.5, 0.6) is 11.5 Å². The zero-order valence-electron chi connectivity index (χ0n) is 14.7. The van der Waals surface area contributed by atoms with E-state index < -0.39 is 0 Å². The van der Waals surface area contributed by atoms with E-state index in [1.165, 1.54) is 5.56 Å². The van der Waals surface area contributed by atoms with Gasteiger partial charge < -0.3 is 14.8 Å². The molecule has 1 amide bonds. The number of hydrogen-bond donors (Lipinski definition) is 1. The Labute approximate surface area is 143 Å². The number of carbonyl (C=O) groups is 1. The Morgan fingerprint density at radius 3 is 2.38 bits per heavy atom. The number of methoxy groups -OCH3 is 2. The summed E-state index contributed by atoms with van der Waals surface area (Å²) in [5, 5.41) is 3.05. The molecule has 0 fully saturated rings. The molecular formula is C20H25NO3. The Morgan fingerprint density at radius 1 is 1.04 bits per heavy atom. The molecule has 24 heavy (non-hydrogen) atoms. The molecule has 2 atom stereocenters. The van der Waals surface area contributed by atoms with Crippen LogP contribution in [0.2, 0.25) is 0 Å². The van der Waals surface area contributed by atoms with Crippen LogP contribution in [-0.2, 0) is 4.79 Å². The van der Waals surface area contributed by atoms with Crippen LogP contribution in [0.15, 0.2) is 48.5 Å². The maximum Gasteiger partial charge on any atom is 0.221 e. The van der Waals surface area contributed by atoms with Crippen LogP contribution in [0.4, 0.5) is 0 Å². The van der Waals surface area contributed by atoms with E-state index in [9.17, 15) is 4.79 Å². The summed E-state index contributed by atoms with van der Waals surface area (Å²) in [7, 11) is 3.24. The molecule has 4 nitrogen and oxygen atoms in total. The van der Waals surface area contributed by atoms with E-state index in [4.69, 9.17) is 9.47 Å². The van der Waals surface area contributed by atoms with Crippen molar-refractivity contribution in [3.8, 4) is 11.5 Å². The van der Waals surface area contributed by atoms with Gasteiger partial charge in [-0.25, -0.2) is 0 Å². The van der Waals surface area contributed by atoms with Crippen LogP contribution >= 0.6 is 0 Å². The Hall–Kier alpha value is -2.49. The van der Waals surface area contributed by atoms with E-state index in [1.807, 2.05) is 55.5 Å². The lowest BCUT2D eigenvalue weighted by Gasteiger charge is -2.19. The smallest absolute Gasteiger partial charge is 0.221 e. The molecule has 0 radical (unpaired) electrons. The van der Waals surface area contributed by atoms with Crippen molar-refractivity contribution >= 4 is 5.91 Å². The molecule has 2 aromatic carbocycles. The summed E-state index contributed by atoms with van der Waals surface area (Å²) in [4.78, 5) is 12.4. The number of amides is 1. The van der Waals surface area contributed by atoms with E-state index in [0.717, 1.165) is 17.1 Å². The Kier molecular flexibility index (Phi) is 6.24. The normalized spacial score (nSPS) is 13.0. The summed E-state index contributed by atoms with van der Waals surface area (Å²) >= 11 is 0. The second kappa shape index (κ2) is 8.39. The van der Waals surface area contributed by atoms with E-state index in [0.29, 0.717) is 6.42 Å². The van der Waals surface area contributed by atoms with Gasteiger partial charge in [-0.05, 0) is 36.6 Å². The Bertz CT molecular complexity index is 670. The fourth-order valence-electron chi connectivity index (χ4n) is 2.73. The molecule has 0 unspecified atom stereocenters. The summed E-state index contributed by atoms with van der Waals surface area (Å²) < 4.78 is 10.7. The van der Waals surface area contributed by atoms with Crippen molar-refractivity contribution < 1.29 is 14.3 Å². The number of carbonyl (C=O) groups excluding carboxylic acids is 1. The molecule has 0 saturated carbocycles. The molecule has 0 aromatic heterocycles. The molecular weight excluding hydrogens is 302 g/mol. The predicted molar refractivity (Wildman–Crippen MR) is 95.6 cm³/mol. The van der Waals surface area contributed by atoms with E-state index in [2.05, 4.69) is 12.2 Å². The SMILES string of the molecule is COc1ccc(OC)c([C@@H](C)NC(=O)C[C@@H](C)c2ccccc2)c1. The zero-order chi connectivity index (χ0) is 17.5. The molecule has 2 aromatic rings. The number of ether oxygens (including phenoxy) is 2. The second-order valence-corrected chi connectivity index (χ2v) is 5.91. The highest BCUT2D eigenvalue weighted by Gasteiger charge is 2.17. The van der Waals surface area contributed by atoms with Gasteiger partial charge in [0.25, 0.3) is 0 Å². The van der Waals surface area contributed by atoms with Crippen LogP contribution < -0.4 is 14.8 Å². The lowest BCUT2D eigenvalue weighted by Crippen LogP contribution is -2.27. The Balaban J connectivity index is 2.03. The van der Waals surface area contributed by atoms with Crippen molar-refractivity contribution in [2.24, 2.45) is 0 Å². The van der Waals surface area contributed by atoms with Crippen molar-refractivity contribution in [1.29, 1.82) is 0 Å². The summed E-state index contributed by atoms with van der Waals surface area (Å²) in [6.45, 7) is 4.01. The van der Waals surface area contributed by atoms with Crippen LogP contribution in [-0.4, -0.2) is 20.1 Å². The minimum Gasteiger partial charge on any atom is -0.497 e. The van der Waals surface area contributed by atoms with E-state index >= 15 is 0 Å². The number of benzene rings is 2. The largest absolute Gasteiger partial charge is 0.497 e. The Morgan fingerprint density at radius 2 is 1.75 bits per heavy atom. The van der Waals surface area contributed by atoms with Gasteiger partial charge in [0.05, 0.1) is 20.3 Å². The lowest BCUT2D eigenvalue weighted by atomic mass is 9.97. The first-order valence-corrected chi connectivity index (χ1v) is 8.11. The van der Waals surface area contributed by atoms with Crippen molar-refractivity contribution in [3.05, 3.63) is 59.7 Å². The first-order chi connectivity index (χ1) is 11.5. The van der Waals surface area contributed by atoms with Gasteiger partial charge in [-0.1, -0.05) is 37.3 Å². The molecule has 0 aliphatic heterocycles. The second-order valence-electron chi connectivity index (χ2n) is 5.91. The number of nitrogens with one attached hydrogen (secondary N) is 1. The maximum absolute atomic E-state index is 12.4. The molecule has 0 bridgehead atoms. The molecule has 0 heterocycles. The standard InChI is InChI=1S/C20H25NO3/c1-14(16-8-6-5-7-9-16)12-20(22)21-15(2)18-13-17(23-3)10-11-19(18)24-4/h5-11,13-15H,12H2,1-4H3,(H,21,22)/t14-,15-/m1/s1. The van der Waals surface area contributed by atoms with Crippen LogP contribution in [0.3, 0.4) is 0 Å². The van der Waals surface area contributed by atoms with Crippen molar-refractivity contribution in [2.45, 2.75) is 32.2 Å². The fourth-order valence-corrected chi connectivity index (χ4v) is 2.73. The van der Waals surface area contributed by atoms with Gasteiger partial charge in [0, 0.05) is 12.0 Å². The highest BCUT2D eigenvalue weighted by atomic mass is 16.5. The minimum absolute atomic E-state index is 0.0173. The molecule has 128 valence electrons. The molecule has 4 heteroatoms. The highest BCUT2D eigenvalue weighted by molar-refractivity contribution is 5.77. The third-order valence-electron chi connectivity index (χ3n) is 4.14. The van der Waals surface area contributed by atoms with Gasteiger partial charge in [0.15, 0.2) is 0 Å². The van der Waals surface area contributed by atoms with E-state index in [1.54, 1.807) is 14.2 Å². The fraction of sp³-hybridized carbons (Fsp3) is 0.350. The molecule has 0 spiro atoms. The van der Waals surface area contributed by atoms with Gasteiger partial charge in [-0.2, -0.15) is 0 Å². The quantitative estimate of drug-likeness (QED) is 0.834. The molecule has 1 N–H and O–H groups in total. The predicted octanol–water partition coefficient (Wildman–Crippen LogP) is 4.07. The van der Waals surface area contributed by atoms with Crippen molar-refractivity contribution in [3.63, 3.8) is 0 Å². The average Bonchev–Trinajstić information content (AvgIpc) is 2.61. The van der Waals surface area contributed by atoms with Gasteiger partial charge in [0.1, 0.15) is 11.5 Å². The summed E-state index contributed by atoms with van der Waals surface area (Å²) in [5.41, 5.74) is 2.07. The molecule has 0 saturated heterocycles. The molecule has 2 rings (SSSR count). The summed E-state index contributed by atoms with van der Waals surface area (Å²) in [6.07, 6.45) is 0.445. The van der Waals surface area contributed by atoms with E-state index in [-0.39, 0.29) is 17.9 Å². The minimum atomic E-state index is -0.162. The third-order valence-corrected chi connectivity index (χ3v) is 4.14. The van der Waals surface area contributed by atoms with Crippen LogP contribution in [0.1, 0.15) is 43.4 Å². The zero-order valence-corrected chi connectivity index (χ0v) is 14.7.